The monoisotopic (exact) mass is 467 g/mol. The standard InChI is InChI=1S/C26H29NO5S/c1-6-27(33(29,30)24-16-7-19(4)25(17-24)26(28)31-5)22-12-8-20(9-13-22)21-10-14-23(15-11-21)32-18(2)3/h7-18H,6H2,1-5H3. The lowest BCUT2D eigenvalue weighted by Gasteiger charge is -2.23. The molecule has 0 saturated carbocycles. The van der Waals surface area contributed by atoms with Gasteiger partial charge in [0.15, 0.2) is 0 Å². The van der Waals surface area contributed by atoms with Gasteiger partial charge in [0.05, 0.1) is 29.4 Å². The number of carbonyl (C=O) groups is 1. The largest absolute Gasteiger partial charge is 0.491 e. The van der Waals surface area contributed by atoms with Crippen LogP contribution in [0, 0.1) is 6.92 Å². The molecule has 0 heterocycles. The molecule has 0 aliphatic carbocycles. The third-order valence-corrected chi connectivity index (χ3v) is 7.10. The van der Waals surface area contributed by atoms with Gasteiger partial charge < -0.3 is 9.47 Å². The summed E-state index contributed by atoms with van der Waals surface area (Å²) in [6.45, 7) is 7.71. The fourth-order valence-corrected chi connectivity index (χ4v) is 5.03. The summed E-state index contributed by atoms with van der Waals surface area (Å²) in [6, 6.07) is 19.6. The molecular weight excluding hydrogens is 438 g/mol. The van der Waals surface area contributed by atoms with Crippen LogP contribution in [0.3, 0.4) is 0 Å². The molecule has 3 aromatic rings. The summed E-state index contributed by atoms with van der Waals surface area (Å²) in [6.07, 6.45) is 0.106. The Bertz CT molecular complexity index is 1220. The van der Waals surface area contributed by atoms with Crippen molar-refractivity contribution in [3.05, 3.63) is 77.9 Å². The summed E-state index contributed by atoms with van der Waals surface area (Å²) in [4.78, 5) is 12.1. The maximum atomic E-state index is 13.4. The average molecular weight is 468 g/mol. The first-order valence-corrected chi connectivity index (χ1v) is 12.2. The summed E-state index contributed by atoms with van der Waals surface area (Å²) >= 11 is 0. The van der Waals surface area contributed by atoms with Crippen LogP contribution in [0.15, 0.2) is 71.6 Å². The van der Waals surface area contributed by atoms with Crippen LogP contribution in [-0.2, 0) is 14.8 Å². The van der Waals surface area contributed by atoms with E-state index in [1.807, 2.05) is 50.2 Å². The second-order valence-electron chi connectivity index (χ2n) is 7.88. The van der Waals surface area contributed by atoms with Gasteiger partial charge in [-0.15, -0.1) is 0 Å². The highest BCUT2D eigenvalue weighted by atomic mass is 32.2. The van der Waals surface area contributed by atoms with Crippen LogP contribution in [0.5, 0.6) is 5.75 Å². The first-order valence-electron chi connectivity index (χ1n) is 10.8. The van der Waals surface area contributed by atoms with Crippen molar-refractivity contribution in [3.8, 4) is 16.9 Å². The fourth-order valence-electron chi connectivity index (χ4n) is 3.53. The highest BCUT2D eigenvalue weighted by Crippen LogP contribution is 2.29. The smallest absolute Gasteiger partial charge is 0.338 e. The number of benzene rings is 3. The molecule has 3 rings (SSSR count). The zero-order chi connectivity index (χ0) is 24.2. The number of hydrogen-bond acceptors (Lipinski definition) is 5. The van der Waals surface area contributed by atoms with Crippen molar-refractivity contribution in [2.75, 3.05) is 18.0 Å². The first kappa shape index (κ1) is 24.3. The van der Waals surface area contributed by atoms with E-state index in [0.717, 1.165) is 16.9 Å². The van der Waals surface area contributed by atoms with Crippen LogP contribution < -0.4 is 9.04 Å². The van der Waals surface area contributed by atoms with E-state index in [-0.39, 0.29) is 23.1 Å². The molecule has 3 aromatic carbocycles. The minimum absolute atomic E-state index is 0.0418. The van der Waals surface area contributed by atoms with E-state index < -0.39 is 16.0 Å². The predicted molar refractivity (Wildman–Crippen MR) is 130 cm³/mol. The third kappa shape index (κ3) is 5.37. The molecule has 33 heavy (non-hydrogen) atoms. The van der Waals surface area contributed by atoms with Gasteiger partial charge in [-0.2, -0.15) is 0 Å². The molecular formula is C26H29NO5S. The molecule has 0 N–H and O–H groups in total. The number of esters is 1. The number of aryl methyl sites for hydroxylation is 1. The minimum atomic E-state index is -3.87. The molecule has 0 saturated heterocycles. The van der Waals surface area contributed by atoms with Crippen molar-refractivity contribution in [1.29, 1.82) is 0 Å². The molecule has 0 bridgehead atoms. The number of anilines is 1. The van der Waals surface area contributed by atoms with Gasteiger partial charge in [0, 0.05) is 6.54 Å². The predicted octanol–water partition coefficient (Wildman–Crippen LogP) is 5.45. The van der Waals surface area contributed by atoms with Gasteiger partial charge >= 0.3 is 5.97 Å². The second-order valence-corrected chi connectivity index (χ2v) is 9.74. The normalized spacial score (nSPS) is 11.3. The summed E-state index contributed by atoms with van der Waals surface area (Å²) in [5.74, 6) is 0.236. The molecule has 0 amide bonds. The molecule has 7 heteroatoms. The zero-order valence-electron chi connectivity index (χ0n) is 19.5. The number of methoxy groups -OCH3 is 1. The molecule has 0 fully saturated rings. The van der Waals surface area contributed by atoms with E-state index in [0.29, 0.717) is 11.3 Å². The van der Waals surface area contributed by atoms with Crippen molar-refractivity contribution >= 4 is 21.7 Å². The number of rotatable bonds is 8. The summed E-state index contributed by atoms with van der Waals surface area (Å²) in [7, 11) is -2.60. The highest BCUT2D eigenvalue weighted by Gasteiger charge is 2.25. The van der Waals surface area contributed by atoms with Crippen molar-refractivity contribution in [2.24, 2.45) is 0 Å². The topological polar surface area (TPSA) is 72.9 Å². The molecule has 0 aliphatic rings. The third-order valence-electron chi connectivity index (χ3n) is 5.20. The van der Waals surface area contributed by atoms with Gasteiger partial charge in [-0.3, -0.25) is 4.31 Å². The zero-order valence-corrected chi connectivity index (χ0v) is 20.3. The maximum Gasteiger partial charge on any atom is 0.338 e. The van der Waals surface area contributed by atoms with Gasteiger partial charge in [0.2, 0.25) is 0 Å². The van der Waals surface area contributed by atoms with E-state index in [2.05, 4.69) is 0 Å². The van der Waals surface area contributed by atoms with Crippen LogP contribution in [0.4, 0.5) is 5.69 Å². The van der Waals surface area contributed by atoms with E-state index in [4.69, 9.17) is 9.47 Å². The second kappa shape index (κ2) is 10.1. The van der Waals surface area contributed by atoms with E-state index in [1.54, 1.807) is 32.0 Å². The molecule has 0 aromatic heterocycles. The molecule has 0 atom stereocenters. The molecule has 174 valence electrons. The number of sulfonamides is 1. The number of hydrogen-bond donors (Lipinski definition) is 0. The summed E-state index contributed by atoms with van der Waals surface area (Å²) in [5, 5.41) is 0. The molecule has 6 nitrogen and oxygen atoms in total. The van der Waals surface area contributed by atoms with Crippen molar-refractivity contribution in [1.82, 2.24) is 0 Å². The Hall–Kier alpha value is -3.32. The molecule has 0 unspecified atom stereocenters. The van der Waals surface area contributed by atoms with Crippen molar-refractivity contribution in [3.63, 3.8) is 0 Å². The Morgan fingerprint density at radius 1 is 0.939 bits per heavy atom. The quantitative estimate of drug-likeness (QED) is 0.412. The van der Waals surface area contributed by atoms with Gasteiger partial charge in [0.1, 0.15) is 5.75 Å². The average Bonchev–Trinajstić information content (AvgIpc) is 2.79. The molecule has 0 radical (unpaired) electrons. The Balaban J connectivity index is 1.89. The number of carbonyl (C=O) groups excluding carboxylic acids is 1. The van der Waals surface area contributed by atoms with E-state index in [1.165, 1.54) is 23.5 Å². The number of nitrogens with zero attached hydrogens (tertiary/aromatic N) is 1. The lowest BCUT2D eigenvalue weighted by Crippen LogP contribution is -2.31. The van der Waals surface area contributed by atoms with Gasteiger partial charge in [-0.25, -0.2) is 13.2 Å². The fraction of sp³-hybridized carbons (Fsp3) is 0.269. The molecule has 0 aliphatic heterocycles. The van der Waals surface area contributed by atoms with Crippen LogP contribution in [-0.4, -0.2) is 34.1 Å². The van der Waals surface area contributed by atoms with Crippen LogP contribution >= 0.6 is 0 Å². The molecule has 0 spiro atoms. The van der Waals surface area contributed by atoms with E-state index >= 15 is 0 Å². The lowest BCUT2D eigenvalue weighted by molar-refractivity contribution is 0.0599. The van der Waals surface area contributed by atoms with Crippen LogP contribution in [0.1, 0.15) is 36.7 Å². The minimum Gasteiger partial charge on any atom is -0.491 e. The number of ether oxygens (including phenoxy) is 2. The Labute approximate surface area is 195 Å². The Morgan fingerprint density at radius 3 is 2.03 bits per heavy atom. The summed E-state index contributed by atoms with van der Waals surface area (Å²) in [5.41, 5.74) is 3.39. The highest BCUT2D eigenvalue weighted by molar-refractivity contribution is 7.92. The van der Waals surface area contributed by atoms with Crippen molar-refractivity contribution < 1.29 is 22.7 Å². The SMILES string of the molecule is CCN(c1ccc(-c2ccc(OC(C)C)cc2)cc1)S(=O)(=O)c1ccc(C)c(C(=O)OC)c1. The van der Waals surface area contributed by atoms with Crippen LogP contribution in [0.25, 0.3) is 11.1 Å². The van der Waals surface area contributed by atoms with Gasteiger partial charge in [-0.1, -0.05) is 30.3 Å². The van der Waals surface area contributed by atoms with Gasteiger partial charge in [0.25, 0.3) is 10.0 Å². The van der Waals surface area contributed by atoms with Crippen LogP contribution in [0.2, 0.25) is 0 Å². The first-order chi connectivity index (χ1) is 15.7. The lowest BCUT2D eigenvalue weighted by atomic mass is 10.1. The van der Waals surface area contributed by atoms with Gasteiger partial charge in [-0.05, 0) is 80.8 Å². The Kier molecular flexibility index (Phi) is 7.43. The maximum absolute atomic E-state index is 13.4. The van der Waals surface area contributed by atoms with Crippen molar-refractivity contribution in [2.45, 2.75) is 38.7 Å². The summed E-state index contributed by atoms with van der Waals surface area (Å²) < 4.78 is 38.5. The Morgan fingerprint density at radius 2 is 1.52 bits per heavy atom. The van der Waals surface area contributed by atoms with E-state index in [9.17, 15) is 13.2 Å².